The van der Waals surface area contributed by atoms with Gasteiger partial charge in [0, 0.05) is 6.04 Å². The highest BCUT2D eigenvalue weighted by Crippen LogP contribution is 2.18. The zero-order valence-electron chi connectivity index (χ0n) is 12.6. The van der Waals surface area contributed by atoms with Gasteiger partial charge in [-0.25, -0.2) is 0 Å². The van der Waals surface area contributed by atoms with Crippen LogP contribution in [0.25, 0.3) is 0 Å². The second-order valence-electron chi connectivity index (χ2n) is 5.52. The highest BCUT2D eigenvalue weighted by atomic mass is 16.5. The maximum absolute atomic E-state index is 5.72. The predicted octanol–water partition coefficient (Wildman–Crippen LogP) is 3.78. The van der Waals surface area contributed by atoms with Gasteiger partial charge in [0.15, 0.2) is 0 Å². The smallest absolute Gasteiger partial charge is 0.119 e. The molecule has 0 radical (unpaired) electrons. The summed E-state index contributed by atoms with van der Waals surface area (Å²) in [6.07, 6.45) is 9.36. The normalized spacial score (nSPS) is 16.6. The van der Waals surface area contributed by atoms with Gasteiger partial charge in [-0.05, 0) is 50.1 Å². The third-order valence-electron chi connectivity index (χ3n) is 3.94. The van der Waals surface area contributed by atoms with Gasteiger partial charge in [0.25, 0.3) is 0 Å². The van der Waals surface area contributed by atoms with E-state index in [1.807, 2.05) is 24.3 Å². The molecule has 2 rings (SSSR count). The van der Waals surface area contributed by atoms with Crippen LogP contribution in [0.4, 0.5) is 0 Å². The Bertz CT molecular complexity index is 356. The van der Waals surface area contributed by atoms with E-state index in [1.54, 1.807) is 7.11 Å². The van der Waals surface area contributed by atoms with Gasteiger partial charge in [0.1, 0.15) is 11.5 Å². The van der Waals surface area contributed by atoms with E-state index in [0.717, 1.165) is 37.1 Å². The molecule has 0 unspecified atom stereocenters. The molecule has 1 aliphatic carbocycles. The van der Waals surface area contributed by atoms with Crippen LogP contribution in [0.2, 0.25) is 0 Å². The van der Waals surface area contributed by atoms with Crippen LogP contribution < -0.4 is 14.8 Å². The third-order valence-corrected chi connectivity index (χ3v) is 3.94. The minimum Gasteiger partial charge on any atom is -0.497 e. The van der Waals surface area contributed by atoms with E-state index >= 15 is 0 Å². The van der Waals surface area contributed by atoms with E-state index in [2.05, 4.69) is 5.32 Å². The zero-order valence-corrected chi connectivity index (χ0v) is 12.6. The summed E-state index contributed by atoms with van der Waals surface area (Å²) in [6.45, 7) is 1.83. The van der Waals surface area contributed by atoms with Crippen LogP contribution in [0, 0.1) is 0 Å². The van der Waals surface area contributed by atoms with E-state index in [4.69, 9.17) is 9.47 Å². The molecule has 0 heterocycles. The van der Waals surface area contributed by atoms with Crippen molar-refractivity contribution in [3.05, 3.63) is 24.3 Å². The van der Waals surface area contributed by atoms with Crippen molar-refractivity contribution >= 4 is 0 Å². The molecule has 1 aliphatic rings. The Kier molecular flexibility index (Phi) is 6.72. The van der Waals surface area contributed by atoms with E-state index in [0.29, 0.717) is 0 Å². The van der Waals surface area contributed by atoms with Crippen molar-refractivity contribution in [3.8, 4) is 11.5 Å². The Balaban J connectivity index is 1.56. The van der Waals surface area contributed by atoms with Gasteiger partial charge in [-0.15, -0.1) is 0 Å². The molecule has 0 saturated heterocycles. The lowest BCUT2D eigenvalue weighted by atomic mass is 10.1. The molecule has 112 valence electrons. The van der Waals surface area contributed by atoms with Crippen molar-refractivity contribution < 1.29 is 9.47 Å². The molecule has 20 heavy (non-hydrogen) atoms. The molecule has 0 spiro atoms. The summed E-state index contributed by atoms with van der Waals surface area (Å²) < 4.78 is 10.8. The Morgan fingerprint density at radius 1 is 1.00 bits per heavy atom. The Morgan fingerprint density at radius 2 is 1.65 bits per heavy atom. The molecule has 0 bridgehead atoms. The molecular formula is C17H27NO2. The van der Waals surface area contributed by atoms with Gasteiger partial charge in [-0.2, -0.15) is 0 Å². The quantitative estimate of drug-likeness (QED) is 0.608. The Hall–Kier alpha value is -1.22. The molecule has 3 nitrogen and oxygen atoms in total. The van der Waals surface area contributed by atoms with Crippen molar-refractivity contribution in [2.75, 3.05) is 20.3 Å². The number of methoxy groups -OCH3 is 1. The number of hydrogen-bond donors (Lipinski definition) is 1. The first-order valence-corrected chi connectivity index (χ1v) is 7.89. The molecule has 0 amide bonds. The molecular weight excluding hydrogens is 250 g/mol. The Labute approximate surface area is 122 Å². The number of benzene rings is 1. The van der Waals surface area contributed by atoms with Crippen LogP contribution in [0.1, 0.15) is 44.9 Å². The van der Waals surface area contributed by atoms with Gasteiger partial charge in [0.2, 0.25) is 0 Å². The van der Waals surface area contributed by atoms with Crippen LogP contribution in [-0.4, -0.2) is 26.3 Å². The average Bonchev–Trinajstić information content (AvgIpc) is 2.76. The monoisotopic (exact) mass is 277 g/mol. The van der Waals surface area contributed by atoms with Crippen LogP contribution >= 0.6 is 0 Å². The first-order valence-electron chi connectivity index (χ1n) is 7.89. The molecule has 1 N–H and O–H groups in total. The number of ether oxygens (including phenoxy) is 2. The lowest BCUT2D eigenvalue weighted by molar-refractivity contribution is 0.302. The fourth-order valence-electron chi connectivity index (χ4n) is 2.72. The highest BCUT2D eigenvalue weighted by Gasteiger charge is 2.10. The summed E-state index contributed by atoms with van der Waals surface area (Å²) in [5.41, 5.74) is 0. The molecule has 0 aliphatic heterocycles. The van der Waals surface area contributed by atoms with Gasteiger partial charge < -0.3 is 14.8 Å². The van der Waals surface area contributed by atoms with E-state index < -0.39 is 0 Å². The molecule has 1 aromatic rings. The molecule has 1 saturated carbocycles. The van der Waals surface area contributed by atoms with Gasteiger partial charge in [0.05, 0.1) is 13.7 Å². The van der Waals surface area contributed by atoms with E-state index in [-0.39, 0.29) is 0 Å². The fraction of sp³-hybridized carbons (Fsp3) is 0.647. The molecule has 0 aromatic heterocycles. The summed E-state index contributed by atoms with van der Waals surface area (Å²) in [4.78, 5) is 0. The summed E-state index contributed by atoms with van der Waals surface area (Å²) in [6, 6.07) is 8.51. The SMILES string of the molecule is COc1ccc(OCCCNC2CCCCCC2)cc1. The fourth-order valence-corrected chi connectivity index (χ4v) is 2.72. The van der Waals surface area contributed by atoms with Gasteiger partial charge >= 0.3 is 0 Å². The average molecular weight is 277 g/mol. The first-order chi connectivity index (χ1) is 9.88. The van der Waals surface area contributed by atoms with Crippen molar-refractivity contribution in [2.45, 2.75) is 51.0 Å². The molecule has 3 heteroatoms. The largest absolute Gasteiger partial charge is 0.497 e. The molecule has 1 fully saturated rings. The maximum atomic E-state index is 5.72. The number of rotatable bonds is 7. The van der Waals surface area contributed by atoms with Crippen LogP contribution in [0.3, 0.4) is 0 Å². The summed E-state index contributed by atoms with van der Waals surface area (Å²) in [5.74, 6) is 1.78. The van der Waals surface area contributed by atoms with Crippen LogP contribution in [0.15, 0.2) is 24.3 Å². The molecule has 1 aromatic carbocycles. The van der Waals surface area contributed by atoms with E-state index in [1.165, 1.54) is 38.5 Å². The topological polar surface area (TPSA) is 30.5 Å². The first kappa shape index (κ1) is 15.2. The zero-order chi connectivity index (χ0) is 14.0. The van der Waals surface area contributed by atoms with Gasteiger partial charge in [-0.3, -0.25) is 0 Å². The second kappa shape index (κ2) is 8.85. The lowest BCUT2D eigenvalue weighted by Gasteiger charge is -2.16. The van der Waals surface area contributed by atoms with Gasteiger partial charge in [-0.1, -0.05) is 25.7 Å². The van der Waals surface area contributed by atoms with Crippen molar-refractivity contribution in [2.24, 2.45) is 0 Å². The third kappa shape index (κ3) is 5.41. The standard InChI is InChI=1S/C17H27NO2/c1-19-16-9-11-17(12-10-16)20-14-6-13-18-15-7-4-2-3-5-8-15/h9-12,15,18H,2-8,13-14H2,1H3. The van der Waals surface area contributed by atoms with Crippen molar-refractivity contribution in [1.82, 2.24) is 5.32 Å². The number of nitrogens with one attached hydrogen (secondary N) is 1. The predicted molar refractivity (Wildman–Crippen MR) is 82.6 cm³/mol. The minimum atomic E-state index is 0.735. The molecule has 0 atom stereocenters. The lowest BCUT2D eigenvalue weighted by Crippen LogP contribution is -2.30. The summed E-state index contributed by atoms with van der Waals surface area (Å²) in [5, 5.41) is 3.67. The second-order valence-corrected chi connectivity index (χ2v) is 5.52. The van der Waals surface area contributed by atoms with E-state index in [9.17, 15) is 0 Å². The minimum absolute atomic E-state index is 0.735. The van der Waals surface area contributed by atoms with Crippen molar-refractivity contribution in [3.63, 3.8) is 0 Å². The summed E-state index contributed by atoms with van der Waals surface area (Å²) >= 11 is 0. The number of hydrogen-bond acceptors (Lipinski definition) is 3. The maximum Gasteiger partial charge on any atom is 0.119 e. The van der Waals surface area contributed by atoms with Crippen LogP contribution in [-0.2, 0) is 0 Å². The van der Waals surface area contributed by atoms with Crippen molar-refractivity contribution in [1.29, 1.82) is 0 Å². The highest BCUT2D eigenvalue weighted by molar-refractivity contribution is 5.31. The summed E-state index contributed by atoms with van der Waals surface area (Å²) in [7, 11) is 1.68. The van der Waals surface area contributed by atoms with Crippen LogP contribution in [0.5, 0.6) is 11.5 Å². The Morgan fingerprint density at radius 3 is 2.30 bits per heavy atom.